The van der Waals surface area contributed by atoms with Crippen molar-refractivity contribution in [2.75, 3.05) is 20.8 Å². The van der Waals surface area contributed by atoms with Gasteiger partial charge in [0.25, 0.3) is 0 Å². The zero-order valence-corrected chi connectivity index (χ0v) is 13.7. The van der Waals surface area contributed by atoms with Crippen LogP contribution in [-0.4, -0.2) is 26.7 Å². The van der Waals surface area contributed by atoms with E-state index in [4.69, 9.17) is 9.47 Å². The molecule has 2 rings (SSSR count). The number of carbonyl (C=O) groups is 1. The van der Waals surface area contributed by atoms with Crippen molar-refractivity contribution >= 4 is 5.91 Å². The van der Waals surface area contributed by atoms with Crippen LogP contribution in [0.1, 0.15) is 44.1 Å². The maximum absolute atomic E-state index is 11.9. The Morgan fingerprint density at radius 3 is 2.59 bits per heavy atom. The van der Waals surface area contributed by atoms with Crippen LogP contribution in [0.2, 0.25) is 0 Å². The van der Waals surface area contributed by atoms with Gasteiger partial charge in [-0.1, -0.05) is 18.9 Å². The molecule has 0 atom stereocenters. The highest BCUT2D eigenvalue weighted by Crippen LogP contribution is 2.28. The van der Waals surface area contributed by atoms with Crippen LogP contribution >= 0.6 is 0 Å². The summed E-state index contributed by atoms with van der Waals surface area (Å²) in [7, 11) is 3.27. The molecule has 0 radical (unpaired) electrons. The molecule has 0 heterocycles. The number of rotatable bonds is 8. The van der Waals surface area contributed by atoms with Gasteiger partial charge in [-0.25, -0.2) is 0 Å². The highest BCUT2D eigenvalue weighted by molar-refractivity contribution is 5.75. The average molecular weight is 305 g/mol. The molecule has 4 nitrogen and oxygen atoms in total. The minimum Gasteiger partial charge on any atom is -0.493 e. The summed E-state index contributed by atoms with van der Waals surface area (Å²) in [5.74, 6) is 2.36. The molecule has 0 aromatic heterocycles. The Morgan fingerprint density at radius 2 is 1.91 bits per heavy atom. The zero-order valence-electron chi connectivity index (χ0n) is 13.7. The van der Waals surface area contributed by atoms with Crippen molar-refractivity contribution in [2.45, 2.75) is 44.9 Å². The number of amides is 1. The molecule has 1 aromatic rings. The van der Waals surface area contributed by atoms with Crippen LogP contribution in [0, 0.1) is 5.92 Å². The van der Waals surface area contributed by atoms with Gasteiger partial charge in [0, 0.05) is 13.0 Å². The number of hydrogen-bond donors (Lipinski definition) is 1. The molecule has 1 N–H and O–H groups in total. The number of carbonyl (C=O) groups excluding carboxylic acids is 1. The monoisotopic (exact) mass is 305 g/mol. The van der Waals surface area contributed by atoms with Crippen LogP contribution in [-0.2, 0) is 11.2 Å². The van der Waals surface area contributed by atoms with Gasteiger partial charge in [0.1, 0.15) is 0 Å². The lowest BCUT2D eigenvalue weighted by Gasteiger charge is -2.11. The fraction of sp³-hybridized carbons (Fsp3) is 0.611. The van der Waals surface area contributed by atoms with Crippen molar-refractivity contribution in [3.63, 3.8) is 0 Å². The van der Waals surface area contributed by atoms with Crippen molar-refractivity contribution in [3.8, 4) is 11.5 Å². The molecule has 1 aromatic carbocycles. The lowest BCUT2D eigenvalue weighted by molar-refractivity contribution is -0.121. The largest absolute Gasteiger partial charge is 0.493 e. The van der Waals surface area contributed by atoms with Crippen molar-refractivity contribution in [1.29, 1.82) is 0 Å². The lowest BCUT2D eigenvalue weighted by Crippen LogP contribution is -2.28. The Kier molecular flexibility index (Phi) is 6.56. The van der Waals surface area contributed by atoms with E-state index in [1.54, 1.807) is 14.2 Å². The molecule has 0 unspecified atom stereocenters. The smallest absolute Gasteiger partial charge is 0.220 e. The number of methoxy groups -OCH3 is 2. The molecule has 22 heavy (non-hydrogen) atoms. The van der Waals surface area contributed by atoms with Gasteiger partial charge in [-0.15, -0.1) is 0 Å². The van der Waals surface area contributed by atoms with Gasteiger partial charge >= 0.3 is 0 Å². The van der Waals surface area contributed by atoms with E-state index < -0.39 is 0 Å². The molecule has 0 aliphatic heterocycles. The second-order valence-electron chi connectivity index (χ2n) is 6.00. The molecule has 122 valence electrons. The van der Waals surface area contributed by atoms with Crippen LogP contribution in [0.3, 0.4) is 0 Å². The van der Waals surface area contributed by atoms with Gasteiger partial charge in [0.15, 0.2) is 11.5 Å². The summed E-state index contributed by atoms with van der Waals surface area (Å²) >= 11 is 0. The second-order valence-corrected chi connectivity index (χ2v) is 6.00. The normalized spacial score (nSPS) is 14.8. The number of benzene rings is 1. The van der Waals surface area contributed by atoms with E-state index in [0.717, 1.165) is 30.9 Å². The molecule has 1 aliphatic rings. The van der Waals surface area contributed by atoms with E-state index in [9.17, 15) is 4.79 Å². The van der Waals surface area contributed by atoms with Crippen LogP contribution < -0.4 is 14.8 Å². The molecule has 0 spiro atoms. The number of hydrogen-bond acceptors (Lipinski definition) is 3. The van der Waals surface area contributed by atoms with E-state index in [-0.39, 0.29) is 5.91 Å². The van der Waals surface area contributed by atoms with Gasteiger partial charge in [-0.2, -0.15) is 0 Å². The Bertz CT molecular complexity index is 481. The summed E-state index contributed by atoms with van der Waals surface area (Å²) < 4.78 is 10.5. The maximum Gasteiger partial charge on any atom is 0.220 e. The minimum absolute atomic E-state index is 0.173. The summed E-state index contributed by atoms with van der Waals surface area (Å²) in [6, 6.07) is 5.92. The SMILES string of the molecule is COc1ccc(CCCC(=O)NCC2CCCC2)cc1OC. The predicted octanol–water partition coefficient (Wildman–Crippen LogP) is 3.33. The first-order valence-corrected chi connectivity index (χ1v) is 8.20. The maximum atomic E-state index is 11.9. The van der Waals surface area contributed by atoms with Crippen molar-refractivity contribution in [1.82, 2.24) is 5.32 Å². The molecular formula is C18H27NO3. The standard InChI is InChI=1S/C18H27NO3/c1-21-16-11-10-14(12-17(16)22-2)8-5-9-18(20)19-13-15-6-3-4-7-15/h10-12,15H,3-9,13H2,1-2H3,(H,19,20). The topological polar surface area (TPSA) is 47.6 Å². The van der Waals surface area contributed by atoms with Gasteiger partial charge in [0.05, 0.1) is 14.2 Å². The van der Waals surface area contributed by atoms with Gasteiger partial charge in [0.2, 0.25) is 5.91 Å². The third kappa shape index (κ3) is 4.93. The summed E-state index contributed by atoms with van der Waals surface area (Å²) in [6.07, 6.45) is 7.49. The van der Waals surface area contributed by atoms with Gasteiger partial charge in [-0.05, 0) is 49.3 Å². The summed E-state index contributed by atoms with van der Waals surface area (Å²) in [4.78, 5) is 11.9. The molecular weight excluding hydrogens is 278 g/mol. The van der Waals surface area contributed by atoms with Crippen LogP contribution in [0.4, 0.5) is 0 Å². The second kappa shape index (κ2) is 8.66. The van der Waals surface area contributed by atoms with Crippen LogP contribution in [0.5, 0.6) is 11.5 Å². The first-order valence-electron chi connectivity index (χ1n) is 8.20. The highest BCUT2D eigenvalue weighted by Gasteiger charge is 2.15. The van der Waals surface area contributed by atoms with E-state index in [2.05, 4.69) is 5.32 Å². The predicted molar refractivity (Wildman–Crippen MR) is 87.5 cm³/mol. The van der Waals surface area contributed by atoms with Gasteiger partial charge in [-0.3, -0.25) is 4.79 Å². The third-order valence-electron chi connectivity index (χ3n) is 4.38. The first kappa shape index (κ1) is 16.7. The summed E-state index contributed by atoms with van der Waals surface area (Å²) in [5.41, 5.74) is 1.17. The zero-order chi connectivity index (χ0) is 15.8. The molecule has 1 amide bonds. The quantitative estimate of drug-likeness (QED) is 0.801. The van der Waals surface area contributed by atoms with Crippen molar-refractivity contribution in [3.05, 3.63) is 23.8 Å². The Hall–Kier alpha value is -1.71. The van der Waals surface area contributed by atoms with Crippen molar-refractivity contribution < 1.29 is 14.3 Å². The lowest BCUT2D eigenvalue weighted by atomic mass is 10.1. The first-order chi connectivity index (χ1) is 10.7. The number of ether oxygens (including phenoxy) is 2. The van der Waals surface area contributed by atoms with Crippen LogP contribution in [0.15, 0.2) is 18.2 Å². The molecule has 1 fully saturated rings. The fourth-order valence-electron chi connectivity index (χ4n) is 3.05. The highest BCUT2D eigenvalue weighted by atomic mass is 16.5. The Morgan fingerprint density at radius 1 is 1.18 bits per heavy atom. The Balaban J connectivity index is 1.70. The summed E-state index contributed by atoms with van der Waals surface area (Å²) in [5, 5.41) is 3.07. The van der Waals surface area contributed by atoms with Gasteiger partial charge < -0.3 is 14.8 Å². The minimum atomic E-state index is 0.173. The molecule has 1 saturated carbocycles. The fourth-order valence-corrected chi connectivity index (χ4v) is 3.05. The van der Waals surface area contributed by atoms with E-state index in [0.29, 0.717) is 12.3 Å². The molecule has 0 bridgehead atoms. The van der Waals surface area contributed by atoms with Crippen molar-refractivity contribution in [2.24, 2.45) is 5.92 Å². The number of nitrogens with one attached hydrogen (secondary N) is 1. The van der Waals surface area contributed by atoms with E-state index in [1.807, 2.05) is 18.2 Å². The molecule has 0 saturated heterocycles. The Labute approximate surface area is 133 Å². The van der Waals surface area contributed by atoms with E-state index >= 15 is 0 Å². The van der Waals surface area contributed by atoms with Crippen LogP contribution in [0.25, 0.3) is 0 Å². The van der Waals surface area contributed by atoms with E-state index in [1.165, 1.54) is 31.2 Å². The molecule has 4 heteroatoms. The average Bonchev–Trinajstić information content (AvgIpc) is 3.06. The third-order valence-corrected chi connectivity index (χ3v) is 4.38. The summed E-state index contributed by atoms with van der Waals surface area (Å²) in [6.45, 7) is 0.856. The molecule has 1 aliphatic carbocycles. The number of aryl methyl sites for hydroxylation is 1.